The van der Waals surface area contributed by atoms with Gasteiger partial charge in [0.2, 0.25) is 5.79 Å². The standard InChI is InChI=1S/C24H27NO6/c1-2-14-3-5-15(6-4-14)11-25-8-7-16-9-17-13-30-24(18(17)10-19(16)25)23(29)22(28)21(27)20(12-26)31-24/h3-10,20-23,26-29H,2,11-13H2,1H3/t20-,21-,22+,23-,24+/m1/s1. The Bertz CT molecular complexity index is 1090. The fraction of sp³-hybridized carbons (Fsp3) is 0.417. The quantitative estimate of drug-likeness (QED) is 0.504. The van der Waals surface area contributed by atoms with E-state index in [9.17, 15) is 20.4 Å². The zero-order valence-corrected chi connectivity index (χ0v) is 17.3. The lowest BCUT2D eigenvalue weighted by molar-refractivity contribution is -0.368. The summed E-state index contributed by atoms with van der Waals surface area (Å²) in [6, 6.07) is 14.5. The van der Waals surface area contributed by atoms with Crippen molar-refractivity contribution in [2.24, 2.45) is 0 Å². The summed E-state index contributed by atoms with van der Waals surface area (Å²) in [5, 5.41) is 41.9. The van der Waals surface area contributed by atoms with Gasteiger partial charge in [-0.15, -0.1) is 0 Å². The molecule has 31 heavy (non-hydrogen) atoms. The highest BCUT2D eigenvalue weighted by Crippen LogP contribution is 2.47. The second kappa shape index (κ2) is 7.70. The van der Waals surface area contributed by atoms with E-state index in [1.165, 1.54) is 11.1 Å². The first-order chi connectivity index (χ1) is 15.0. The van der Waals surface area contributed by atoms with Crippen molar-refractivity contribution in [1.29, 1.82) is 0 Å². The third kappa shape index (κ3) is 3.20. The predicted octanol–water partition coefficient (Wildman–Crippen LogP) is 1.41. The van der Waals surface area contributed by atoms with Gasteiger partial charge < -0.3 is 34.5 Å². The van der Waals surface area contributed by atoms with Crippen LogP contribution in [0.15, 0.2) is 48.7 Å². The van der Waals surface area contributed by atoms with E-state index in [1.54, 1.807) is 0 Å². The summed E-state index contributed by atoms with van der Waals surface area (Å²) in [7, 11) is 0. The van der Waals surface area contributed by atoms with Gasteiger partial charge in [-0.3, -0.25) is 0 Å². The lowest BCUT2D eigenvalue weighted by Crippen LogP contribution is -2.63. The Morgan fingerprint density at radius 3 is 2.48 bits per heavy atom. The fourth-order valence-corrected chi connectivity index (χ4v) is 4.69. The van der Waals surface area contributed by atoms with Crippen molar-refractivity contribution in [2.75, 3.05) is 6.61 Å². The number of aromatic nitrogens is 1. The molecule has 0 aliphatic carbocycles. The van der Waals surface area contributed by atoms with Crippen LogP contribution in [-0.4, -0.2) is 56.0 Å². The van der Waals surface area contributed by atoms with Crippen molar-refractivity contribution >= 4 is 10.9 Å². The van der Waals surface area contributed by atoms with Gasteiger partial charge in [0, 0.05) is 23.8 Å². The SMILES string of the molecule is CCc1ccc(Cn2ccc3cc4c(cc32)[C@]2(OC4)O[C@H](CO)[C@@H](O)[C@H](O)[C@H]2O)cc1. The van der Waals surface area contributed by atoms with Crippen LogP contribution in [-0.2, 0) is 34.8 Å². The van der Waals surface area contributed by atoms with E-state index >= 15 is 0 Å². The molecule has 0 amide bonds. The molecule has 1 fully saturated rings. The number of aliphatic hydroxyl groups excluding tert-OH is 4. The summed E-state index contributed by atoms with van der Waals surface area (Å²) >= 11 is 0. The number of benzene rings is 2. The first-order valence-electron chi connectivity index (χ1n) is 10.6. The van der Waals surface area contributed by atoms with Crippen LogP contribution in [0, 0.1) is 0 Å². The van der Waals surface area contributed by atoms with E-state index in [-0.39, 0.29) is 6.61 Å². The van der Waals surface area contributed by atoms with Crippen LogP contribution in [0.3, 0.4) is 0 Å². The van der Waals surface area contributed by atoms with E-state index in [1.807, 2.05) is 24.4 Å². The van der Waals surface area contributed by atoms with Crippen LogP contribution in [0.25, 0.3) is 10.9 Å². The summed E-state index contributed by atoms with van der Waals surface area (Å²) in [6.07, 6.45) is -2.45. The summed E-state index contributed by atoms with van der Waals surface area (Å²) in [6.45, 7) is 2.51. The van der Waals surface area contributed by atoms with Crippen LogP contribution in [0.1, 0.15) is 29.2 Å². The normalized spacial score (nSPS) is 30.2. The third-order valence-corrected chi connectivity index (χ3v) is 6.55. The minimum atomic E-state index is -1.63. The molecule has 7 heteroatoms. The molecule has 1 aromatic heterocycles. The highest BCUT2D eigenvalue weighted by Gasteiger charge is 2.58. The Morgan fingerprint density at radius 1 is 1.03 bits per heavy atom. The predicted molar refractivity (Wildman–Crippen MR) is 113 cm³/mol. The molecule has 5 rings (SSSR count). The number of hydrogen-bond acceptors (Lipinski definition) is 6. The van der Waals surface area contributed by atoms with Crippen molar-refractivity contribution in [3.05, 3.63) is 70.9 Å². The van der Waals surface area contributed by atoms with E-state index in [2.05, 4.69) is 35.8 Å². The fourth-order valence-electron chi connectivity index (χ4n) is 4.69. The molecule has 0 bridgehead atoms. The number of hydrogen-bond donors (Lipinski definition) is 4. The van der Waals surface area contributed by atoms with Crippen molar-refractivity contribution in [3.63, 3.8) is 0 Å². The van der Waals surface area contributed by atoms with Crippen LogP contribution < -0.4 is 0 Å². The molecule has 0 radical (unpaired) electrons. The number of fused-ring (bicyclic) bond motifs is 3. The molecule has 1 saturated heterocycles. The number of ether oxygens (including phenoxy) is 2. The van der Waals surface area contributed by atoms with Crippen LogP contribution in [0.4, 0.5) is 0 Å². The summed E-state index contributed by atoms with van der Waals surface area (Å²) < 4.78 is 13.9. The summed E-state index contributed by atoms with van der Waals surface area (Å²) in [4.78, 5) is 0. The zero-order valence-electron chi connectivity index (χ0n) is 17.3. The molecule has 2 aliphatic rings. The van der Waals surface area contributed by atoms with Gasteiger partial charge in [0.05, 0.1) is 13.2 Å². The van der Waals surface area contributed by atoms with E-state index in [4.69, 9.17) is 9.47 Å². The van der Waals surface area contributed by atoms with Crippen molar-refractivity contribution in [1.82, 2.24) is 4.57 Å². The van der Waals surface area contributed by atoms with E-state index in [0.717, 1.165) is 22.9 Å². The van der Waals surface area contributed by atoms with Gasteiger partial charge in [0.25, 0.3) is 0 Å². The summed E-state index contributed by atoms with van der Waals surface area (Å²) in [5.41, 5.74) is 4.87. The molecule has 0 unspecified atom stereocenters. The Labute approximate surface area is 180 Å². The molecule has 4 N–H and O–H groups in total. The molecule has 3 aromatic rings. The average molecular weight is 425 g/mol. The summed E-state index contributed by atoms with van der Waals surface area (Å²) in [5.74, 6) is -1.63. The first-order valence-corrected chi connectivity index (χ1v) is 10.6. The van der Waals surface area contributed by atoms with Gasteiger partial charge in [-0.1, -0.05) is 31.2 Å². The smallest absolute Gasteiger partial charge is 0.225 e. The number of nitrogens with zero attached hydrogens (tertiary/aromatic N) is 1. The second-order valence-corrected chi connectivity index (χ2v) is 8.40. The lowest BCUT2D eigenvalue weighted by atomic mass is 9.87. The van der Waals surface area contributed by atoms with Crippen molar-refractivity contribution < 1.29 is 29.9 Å². The lowest BCUT2D eigenvalue weighted by Gasteiger charge is -2.46. The molecule has 7 nitrogen and oxygen atoms in total. The van der Waals surface area contributed by atoms with Crippen molar-refractivity contribution in [2.45, 2.75) is 56.7 Å². The average Bonchev–Trinajstić information content (AvgIpc) is 3.35. The number of rotatable bonds is 4. The maximum Gasteiger partial charge on any atom is 0.225 e. The van der Waals surface area contributed by atoms with Gasteiger partial charge in [-0.2, -0.15) is 0 Å². The Morgan fingerprint density at radius 2 is 1.77 bits per heavy atom. The maximum atomic E-state index is 10.8. The Kier molecular flexibility index (Phi) is 5.13. The minimum absolute atomic E-state index is 0.201. The molecule has 5 atom stereocenters. The largest absolute Gasteiger partial charge is 0.394 e. The van der Waals surface area contributed by atoms with Gasteiger partial charge >= 0.3 is 0 Å². The molecular formula is C24H27NO6. The second-order valence-electron chi connectivity index (χ2n) is 8.40. The Balaban J connectivity index is 1.55. The van der Waals surface area contributed by atoms with Crippen LogP contribution in [0.2, 0.25) is 0 Å². The van der Waals surface area contributed by atoms with E-state index in [0.29, 0.717) is 12.1 Å². The molecular weight excluding hydrogens is 398 g/mol. The van der Waals surface area contributed by atoms with Gasteiger partial charge in [-0.05, 0) is 46.7 Å². The number of aryl methyl sites for hydroxylation is 1. The molecule has 3 heterocycles. The highest BCUT2D eigenvalue weighted by molar-refractivity contribution is 5.82. The van der Waals surface area contributed by atoms with Crippen LogP contribution >= 0.6 is 0 Å². The minimum Gasteiger partial charge on any atom is -0.394 e. The maximum absolute atomic E-state index is 10.8. The molecule has 1 spiro atoms. The molecule has 164 valence electrons. The first kappa shape index (κ1) is 20.6. The molecule has 0 saturated carbocycles. The zero-order chi connectivity index (χ0) is 21.8. The molecule has 2 aliphatic heterocycles. The van der Waals surface area contributed by atoms with Gasteiger partial charge in [0.1, 0.15) is 24.4 Å². The molecule has 2 aromatic carbocycles. The topological polar surface area (TPSA) is 104 Å². The third-order valence-electron chi connectivity index (χ3n) is 6.55. The highest BCUT2D eigenvalue weighted by atomic mass is 16.7. The monoisotopic (exact) mass is 425 g/mol. The van der Waals surface area contributed by atoms with Crippen LogP contribution in [0.5, 0.6) is 0 Å². The van der Waals surface area contributed by atoms with Gasteiger partial charge in [-0.25, -0.2) is 0 Å². The Hall–Kier alpha value is -2.26. The van der Waals surface area contributed by atoms with Crippen molar-refractivity contribution in [3.8, 4) is 0 Å². The van der Waals surface area contributed by atoms with Gasteiger partial charge in [0.15, 0.2) is 0 Å². The number of aliphatic hydroxyl groups is 4. The van der Waals surface area contributed by atoms with E-state index < -0.39 is 36.8 Å².